The third-order valence-corrected chi connectivity index (χ3v) is 6.55. The lowest BCUT2D eigenvalue weighted by Gasteiger charge is -2.35. The Morgan fingerprint density at radius 1 is 1.04 bits per heavy atom. The maximum atomic E-state index is 12.5. The standard InChI is InChI=1S/C22H37NO2/c1-3-5-6-14-22(17-23)15-12-20(13-16-22)25-21(24)19-10-8-18(7-4-2)9-11-19/h18-20H,3-16H2,1-2H3. The quantitative estimate of drug-likeness (QED) is 0.390. The number of rotatable bonds is 8. The number of nitriles is 1. The smallest absolute Gasteiger partial charge is 0.309 e. The third kappa shape index (κ3) is 6.01. The Balaban J connectivity index is 1.72. The van der Waals surface area contributed by atoms with Crippen molar-refractivity contribution in [1.82, 2.24) is 0 Å². The molecular weight excluding hydrogens is 310 g/mol. The van der Waals surface area contributed by atoms with Crippen molar-refractivity contribution in [1.29, 1.82) is 5.26 Å². The molecule has 3 heteroatoms. The lowest BCUT2D eigenvalue weighted by Crippen LogP contribution is -2.33. The molecule has 0 aromatic rings. The van der Waals surface area contributed by atoms with Crippen LogP contribution in [0.4, 0.5) is 0 Å². The van der Waals surface area contributed by atoms with Gasteiger partial charge in [0.15, 0.2) is 0 Å². The lowest BCUT2D eigenvalue weighted by atomic mass is 9.71. The molecule has 2 fully saturated rings. The van der Waals surface area contributed by atoms with Crippen LogP contribution in [0.2, 0.25) is 0 Å². The molecule has 0 radical (unpaired) electrons. The normalized spacial score (nSPS) is 32.8. The number of hydrogen-bond donors (Lipinski definition) is 0. The van der Waals surface area contributed by atoms with Gasteiger partial charge in [0, 0.05) is 0 Å². The van der Waals surface area contributed by atoms with Gasteiger partial charge in [-0.25, -0.2) is 0 Å². The lowest BCUT2D eigenvalue weighted by molar-refractivity contribution is -0.158. The van der Waals surface area contributed by atoms with Crippen molar-refractivity contribution in [3.8, 4) is 6.07 Å². The first-order valence-electron chi connectivity index (χ1n) is 10.7. The van der Waals surface area contributed by atoms with E-state index in [9.17, 15) is 10.1 Å². The molecule has 2 rings (SSSR count). The Hall–Kier alpha value is -1.04. The Bertz CT molecular complexity index is 437. The molecule has 0 aromatic carbocycles. The molecule has 142 valence electrons. The van der Waals surface area contributed by atoms with Crippen LogP contribution in [-0.2, 0) is 9.53 Å². The van der Waals surface area contributed by atoms with Crippen LogP contribution in [-0.4, -0.2) is 12.1 Å². The summed E-state index contributed by atoms with van der Waals surface area (Å²) in [7, 11) is 0. The topological polar surface area (TPSA) is 50.1 Å². The zero-order valence-corrected chi connectivity index (χ0v) is 16.4. The fourth-order valence-corrected chi connectivity index (χ4v) is 4.75. The molecule has 0 N–H and O–H groups in total. The highest BCUT2D eigenvalue weighted by molar-refractivity contribution is 5.72. The van der Waals surface area contributed by atoms with Gasteiger partial charge in [-0.05, 0) is 63.7 Å². The van der Waals surface area contributed by atoms with Crippen LogP contribution in [0.5, 0.6) is 0 Å². The van der Waals surface area contributed by atoms with Crippen LogP contribution in [0.1, 0.15) is 104 Å². The molecule has 2 aliphatic carbocycles. The third-order valence-electron chi connectivity index (χ3n) is 6.55. The molecule has 0 aromatic heterocycles. The van der Waals surface area contributed by atoms with E-state index in [2.05, 4.69) is 19.9 Å². The van der Waals surface area contributed by atoms with Gasteiger partial charge in [0.05, 0.1) is 17.4 Å². The maximum absolute atomic E-state index is 12.5. The Kier molecular flexibility index (Phi) is 8.27. The zero-order chi connectivity index (χ0) is 18.1. The summed E-state index contributed by atoms with van der Waals surface area (Å²) in [5.74, 6) is 0.985. The molecule has 3 nitrogen and oxygen atoms in total. The summed E-state index contributed by atoms with van der Waals surface area (Å²) < 4.78 is 5.84. The van der Waals surface area contributed by atoms with E-state index >= 15 is 0 Å². The van der Waals surface area contributed by atoms with Crippen molar-refractivity contribution < 1.29 is 9.53 Å². The SMILES string of the molecule is CCCCCC1(C#N)CCC(OC(=O)C2CCC(CCC)CC2)CC1. The summed E-state index contributed by atoms with van der Waals surface area (Å²) in [6.45, 7) is 4.44. The highest BCUT2D eigenvalue weighted by Gasteiger charge is 2.37. The molecule has 0 saturated heterocycles. The van der Waals surface area contributed by atoms with E-state index in [1.54, 1.807) is 0 Å². The fraction of sp³-hybridized carbons (Fsp3) is 0.909. The van der Waals surface area contributed by atoms with Gasteiger partial charge in [-0.3, -0.25) is 4.79 Å². The number of hydrogen-bond acceptors (Lipinski definition) is 3. The average Bonchev–Trinajstić information content (AvgIpc) is 2.64. The molecule has 0 spiro atoms. The van der Waals surface area contributed by atoms with Crippen molar-refractivity contribution in [2.24, 2.45) is 17.3 Å². The molecule has 0 unspecified atom stereocenters. The van der Waals surface area contributed by atoms with E-state index in [0.717, 1.165) is 57.3 Å². The minimum Gasteiger partial charge on any atom is -0.462 e. The highest BCUT2D eigenvalue weighted by Crippen LogP contribution is 2.41. The zero-order valence-electron chi connectivity index (χ0n) is 16.4. The van der Waals surface area contributed by atoms with Gasteiger partial charge >= 0.3 is 5.97 Å². The largest absolute Gasteiger partial charge is 0.462 e. The number of carbonyl (C=O) groups is 1. The summed E-state index contributed by atoms with van der Waals surface area (Å²) in [5, 5.41) is 9.62. The first kappa shape index (κ1) is 20.3. The van der Waals surface area contributed by atoms with Gasteiger partial charge in [-0.1, -0.05) is 46.0 Å². The molecule has 0 aliphatic heterocycles. The van der Waals surface area contributed by atoms with Crippen LogP contribution in [0.3, 0.4) is 0 Å². The van der Waals surface area contributed by atoms with Crippen molar-refractivity contribution >= 4 is 5.97 Å². The molecular formula is C22H37NO2. The van der Waals surface area contributed by atoms with E-state index in [4.69, 9.17) is 4.74 Å². The first-order chi connectivity index (χ1) is 12.1. The monoisotopic (exact) mass is 347 g/mol. The van der Waals surface area contributed by atoms with Gasteiger partial charge in [0.25, 0.3) is 0 Å². The van der Waals surface area contributed by atoms with Gasteiger partial charge in [0.1, 0.15) is 6.10 Å². The predicted molar refractivity (Wildman–Crippen MR) is 101 cm³/mol. The molecule has 0 heterocycles. The van der Waals surface area contributed by atoms with Gasteiger partial charge in [-0.2, -0.15) is 5.26 Å². The summed E-state index contributed by atoms with van der Waals surface area (Å²) in [6.07, 6.45) is 15.1. The van der Waals surface area contributed by atoms with Crippen molar-refractivity contribution in [3.05, 3.63) is 0 Å². The second-order valence-electron chi connectivity index (χ2n) is 8.49. The first-order valence-corrected chi connectivity index (χ1v) is 10.7. The Morgan fingerprint density at radius 2 is 1.72 bits per heavy atom. The molecule has 0 atom stereocenters. The minimum atomic E-state index is -0.156. The van der Waals surface area contributed by atoms with E-state index in [1.165, 1.54) is 38.5 Å². The number of ether oxygens (including phenoxy) is 1. The minimum absolute atomic E-state index is 0.0374. The second-order valence-corrected chi connectivity index (χ2v) is 8.49. The summed E-state index contributed by atoms with van der Waals surface area (Å²) in [6, 6.07) is 2.59. The number of nitrogens with zero attached hydrogens (tertiary/aromatic N) is 1. The molecule has 0 bridgehead atoms. The van der Waals surface area contributed by atoms with E-state index < -0.39 is 0 Å². The van der Waals surface area contributed by atoms with E-state index in [-0.39, 0.29) is 23.4 Å². The molecule has 25 heavy (non-hydrogen) atoms. The Labute approximate surface area is 154 Å². The van der Waals surface area contributed by atoms with Gasteiger partial charge in [0.2, 0.25) is 0 Å². The van der Waals surface area contributed by atoms with Crippen LogP contribution in [0.15, 0.2) is 0 Å². The predicted octanol–water partition coefficient (Wildman–Crippen LogP) is 6.17. The van der Waals surface area contributed by atoms with E-state index in [0.29, 0.717) is 0 Å². The van der Waals surface area contributed by atoms with Gasteiger partial charge in [-0.15, -0.1) is 0 Å². The summed E-state index contributed by atoms with van der Waals surface area (Å²) in [5.41, 5.74) is -0.156. The van der Waals surface area contributed by atoms with Crippen LogP contribution >= 0.6 is 0 Å². The Morgan fingerprint density at radius 3 is 2.28 bits per heavy atom. The summed E-state index contributed by atoms with van der Waals surface area (Å²) >= 11 is 0. The van der Waals surface area contributed by atoms with Crippen molar-refractivity contribution in [3.63, 3.8) is 0 Å². The van der Waals surface area contributed by atoms with Crippen molar-refractivity contribution in [2.75, 3.05) is 0 Å². The average molecular weight is 348 g/mol. The van der Waals surface area contributed by atoms with Crippen molar-refractivity contribution in [2.45, 2.75) is 110 Å². The maximum Gasteiger partial charge on any atom is 0.309 e. The van der Waals surface area contributed by atoms with Gasteiger partial charge < -0.3 is 4.74 Å². The van der Waals surface area contributed by atoms with Crippen LogP contribution < -0.4 is 0 Å². The highest BCUT2D eigenvalue weighted by atomic mass is 16.5. The number of carbonyl (C=O) groups excluding carboxylic acids is 1. The number of unbranched alkanes of at least 4 members (excludes halogenated alkanes) is 2. The molecule has 2 aliphatic rings. The number of esters is 1. The molecule has 2 saturated carbocycles. The fourth-order valence-electron chi connectivity index (χ4n) is 4.75. The van der Waals surface area contributed by atoms with E-state index in [1.807, 2.05) is 0 Å². The van der Waals surface area contributed by atoms with Crippen LogP contribution in [0.25, 0.3) is 0 Å². The molecule has 0 amide bonds. The summed E-state index contributed by atoms with van der Waals surface area (Å²) in [4.78, 5) is 12.5. The van der Waals surface area contributed by atoms with Crippen LogP contribution in [0, 0.1) is 28.6 Å². The second kappa shape index (κ2) is 10.2.